The van der Waals surface area contributed by atoms with E-state index in [2.05, 4.69) is 15.9 Å². The number of hydrogen-bond acceptors (Lipinski definition) is 3. The van der Waals surface area contributed by atoms with Crippen LogP contribution in [-0.2, 0) is 14.6 Å². The highest BCUT2D eigenvalue weighted by molar-refractivity contribution is 9.10. The first-order chi connectivity index (χ1) is 9.90. The molecule has 1 amide bonds. The number of hydrogen-bond donors (Lipinski definition) is 0. The van der Waals surface area contributed by atoms with Crippen molar-refractivity contribution in [3.05, 3.63) is 28.7 Å². The van der Waals surface area contributed by atoms with E-state index in [0.29, 0.717) is 0 Å². The van der Waals surface area contributed by atoms with Crippen molar-refractivity contribution in [2.24, 2.45) is 0 Å². The highest BCUT2D eigenvalue weighted by Crippen LogP contribution is 2.22. The zero-order chi connectivity index (χ0) is 15.5. The molecule has 1 saturated carbocycles. The second-order valence-corrected chi connectivity index (χ2v) is 8.41. The summed E-state index contributed by atoms with van der Waals surface area (Å²) in [5.74, 6) is -0.772. The molecule has 0 bridgehead atoms. The van der Waals surface area contributed by atoms with Crippen LogP contribution in [0.5, 0.6) is 0 Å². The van der Waals surface area contributed by atoms with E-state index in [9.17, 15) is 13.2 Å². The number of halogens is 1. The molecule has 1 aliphatic carbocycles. The van der Waals surface area contributed by atoms with Crippen molar-refractivity contribution < 1.29 is 13.2 Å². The number of sulfone groups is 1. The molecule has 116 valence electrons. The SMILES string of the molecule is CN(C(=O)CS(=O)(=O)c1ccc(Br)cc1)C1CCCCC1. The first-order valence-electron chi connectivity index (χ1n) is 7.14. The highest BCUT2D eigenvalue weighted by Gasteiger charge is 2.26. The van der Waals surface area contributed by atoms with E-state index < -0.39 is 15.6 Å². The smallest absolute Gasteiger partial charge is 0.238 e. The first-order valence-corrected chi connectivity index (χ1v) is 9.58. The minimum absolute atomic E-state index is 0.186. The van der Waals surface area contributed by atoms with Crippen molar-refractivity contribution in [1.82, 2.24) is 4.90 Å². The summed E-state index contributed by atoms with van der Waals surface area (Å²) in [6, 6.07) is 6.57. The average Bonchev–Trinajstić information content (AvgIpc) is 2.47. The second-order valence-electron chi connectivity index (χ2n) is 5.51. The van der Waals surface area contributed by atoms with Crippen LogP contribution in [-0.4, -0.2) is 38.1 Å². The van der Waals surface area contributed by atoms with Gasteiger partial charge in [0.2, 0.25) is 5.91 Å². The van der Waals surface area contributed by atoms with Crippen molar-refractivity contribution >= 4 is 31.7 Å². The van der Waals surface area contributed by atoms with Gasteiger partial charge < -0.3 is 4.90 Å². The van der Waals surface area contributed by atoms with Crippen LogP contribution in [0.25, 0.3) is 0 Å². The van der Waals surface area contributed by atoms with Gasteiger partial charge in [0.05, 0.1) is 4.90 Å². The maximum absolute atomic E-state index is 12.3. The lowest BCUT2D eigenvalue weighted by Crippen LogP contribution is -2.41. The van der Waals surface area contributed by atoms with Gasteiger partial charge in [0.25, 0.3) is 0 Å². The Morgan fingerprint density at radius 2 is 1.76 bits per heavy atom. The summed E-state index contributed by atoms with van der Waals surface area (Å²) >= 11 is 3.27. The third-order valence-corrected chi connectivity index (χ3v) is 6.15. The van der Waals surface area contributed by atoms with Crippen LogP contribution in [0.15, 0.2) is 33.6 Å². The first kappa shape index (κ1) is 16.5. The van der Waals surface area contributed by atoms with Gasteiger partial charge in [-0.15, -0.1) is 0 Å². The molecule has 1 aromatic carbocycles. The number of benzene rings is 1. The lowest BCUT2D eigenvalue weighted by atomic mass is 9.94. The molecule has 1 fully saturated rings. The fraction of sp³-hybridized carbons (Fsp3) is 0.533. The Bertz CT molecular complexity index is 592. The van der Waals surface area contributed by atoms with E-state index in [1.54, 1.807) is 24.1 Å². The largest absolute Gasteiger partial charge is 0.342 e. The van der Waals surface area contributed by atoms with Crippen molar-refractivity contribution in [3.8, 4) is 0 Å². The third-order valence-electron chi connectivity index (χ3n) is 4.00. The van der Waals surface area contributed by atoms with Crippen LogP contribution >= 0.6 is 15.9 Å². The Hall–Kier alpha value is -0.880. The zero-order valence-corrected chi connectivity index (χ0v) is 14.5. The average molecular weight is 374 g/mol. The Labute approximate surface area is 134 Å². The van der Waals surface area contributed by atoms with Gasteiger partial charge in [-0.25, -0.2) is 8.42 Å². The minimum Gasteiger partial charge on any atom is -0.342 e. The van der Waals surface area contributed by atoms with Crippen LogP contribution in [0.1, 0.15) is 32.1 Å². The quantitative estimate of drug-likeness (QED) is 0.814. The van der Waals surface area contributed by atoms with Gasteiger partial charge in [0, 0.05) is 17.6 Å². The van der Waals surface area contributed by atoms with E-state index >= 15 is 0 Å². The van der Waals surface area contributed by atoms with Crippen molar-refractivity contribution in [2.45, 2.75) is 43.0 Å². The summed E-state index contributed by atoms with van der Waals surface area (Å²) in [5, 5.41) is 0. The zero-order valence-electron chi connectivity index (χ0n) is 12.1. The van der Waals surface area contributed by atoms with Gasteiger partial charge in [-0.2, -0.15) is 0 Å². The van der Waals surface area contributed by atoms with Gasteiger partial charge in [0.1, 0.15) is 5.75 Å². The van der Waals surface area contributed by atoms with Gasteiger partial charge in [0.15, 0.2) is 9.84 Å². The standard InChI is InChI=1S/C15H20BrNO3S/c1-17(13-5-3-2-4-6-13)15(18)11-21(19,20)14-9-7-12(16)8-10-14/h7-10,13H,2-6,11H2,1H3. The molecule has 0 atom stereocenters. The van der Waals surface area contributed by atoms with Crippen LogP contribution in [0.2, 0.25) is 0 Å². The van der Waals surface area contributed by atoms with E-state index in [-0.39, 0.29) is 16.8 Å². The third kappa shape index (κ3) is 4.30. The van der Waals surface area contributed by atoms with Crippen LogP contribution in [0.4, 0.5) is 0 Å². The van der Waals surface area contributed by atoms with Crippen molar-refractivity contribution in [1.29, 1.82) is 0 Å². The molecule has 0 aromatic heterocycles. The normalized spacial score (nSPS) is 16.7. The Balaban J connectivity index is 2.05. The van der Waals surface area contributed by atoms with Crippen molar-refractivity contribution in [3.63, 3.8) is 0 Å². The summed E-state index contributed by atoms with van der Waals surface area (Å²) in [4.78, 5) is 14.0. The van der Waals surface area contributed by atoms with Crippen LogP contribution in [0.3, 0.4) is 0 Å². The Morgan fingerprint density at radius 3 is 2.33 bits per heavy atom. The lowest BCUT2D eigenvalue weighted by Gasteiger charge is -2.31. The lowest BCUT2D eigenvalue weighted by molar-refractivity contribution is -0.129. The molecule has 0 aliphatic heterocycles. The fourth-order valence-corrected chi connectivity index (χ4v) is 4.17. The van der Waals surface area contributed by atoms with E-state index in [1.807, 2.05) is 0 Å². The molecule has 1 aliphatic rings. The van der Waals surface area contributed by atoms with Crippen LogP contribution in [0, 0.1) is 0 Å². The maximum Gasteiger partial charge on any atom is 0.238 e. The minimum atomic E-state index is -3.57. The molecule has 0 unspecified atom stereocenters. The number of amides is 1. The summed E-state index contributed by atoms with van der Waals surface area (Å²) in [7, 11) is -1.85. The summed E-state index contributed by atoms with van der Waals surface area (Å²) in [5.41, 5.74) is 0. The van der Waals surface area contributed by atoms with E-state index in [0.717, 1.165) is 30.2 Å². The van der Waals surface area contributed by atoms with Gasteiger partial charge in [-0.1, -0.05) is 35.2 Å². The van der Waals surface area contributed by atoms with E-state index in [4.69, 9.17) is 0 Å². The predicted molar refractivity (Wildman–Crippen MR) is 85.8 cm³/mol. The van der Waals surface area contributed by atoms with E-state index in [1.165, 1.54) is 18.6 Å². The number of rotatable bonds is 4. The van der Waals surface area contributed by atoms with Gasteiger partial charge in [-0.05, 0) is 37.1 Å². The summed E-state index contributed by atoms with van der Waals surface area (Å²) < 4.78 is 25.4. The number of carbonyl (C=O) groups is 1. The number of carbonyl (C=O) groups excluding carboxylic acids is 1. The Kier molecular flexibility index (Phi) is 5.43. The molecule has 2 rings (SSSR count). The summed E-state index contributed by atoms with van der Waals surface area (Å²) in [6.45, 7) is 0. The molecule has 0 saturated heterocycles. The molecule has 0 radical (unpaired) electrons. The maximum atomic E-state index is 12.3. The molecule has 21 heavy (non-hydrogen) atoms. The molecule has 0 N–H and O–H groups in total. The highest BCUT2D eigenvalue weighted by atomic mass is 79.9. The number of nitrogens with zero attached hydrogens (tertiary/aromatic N) is 1. The molecule has 0 heterocycles. The predicted octanol–water partition coefficient (Wildman–Crippen LogP) is 3.01. The topological polar surface area (TPSA) is 54.5 Å². The molecule has 1 aromatic rings. The molecule has 6 heteroatoms. The van der Waals surface area contributed by atoms with Crippen LogP contribution < -0.4 is 0 Å². The second kappa shape index (κ2) is 6.92. The van der Waals surface area contributed by atoms with Crippen molar-refractivity contribution in [2.75, 3.05) is 12.8 Å². The molecule has 4 nitrogen and oxygen atoms in total. The Morgan fingerprint density at radius 1 is 1.19 bits per heavy atom. The molecular formula is C15H20BrNO3S. The van der Waals surface area contributed by atoms with Gasteiger partial charge in [-0.3, -0.25) is 4.79 Å². The summed E-state index contributed by atoms with van der Waals surface area (Å²) in [6.07, 6.45) is 5.38. The van der Waals surface area contributed by atoms with Gasteiger partial charge >= 0.3 is 0 Å². The molecule has 0 spiro atoms. The fourth-order valence-electron chi connectivity index (χ4n) is 2.66. The monoisotopic (exact) mass is 373 g/mol. The molecular weight excluding hydrogens is 354 g/mol.